The zero-order chi connectivity index (χ0) is 15.5. The molecule has 1 saturated heterocycles. The van der Waals surface area contributed by atoms with Crippen LogP contribution in [0.25, 0.3) is 0 Å². The van der Waals surface area contributed by atoms with Gasteiger partial charge in [0.2, 0.25) is 5.95 Å². The van der Waals surface area contributed by atoms with Gasteiger partial charge in [-0.1, -0.05) is 0 Å². The monoisotopic (exact) mass is 301 g/mol. The number of anilines is 2. The van der Waals surface area contributed by atoms with Crippen molar-refractivity contribution >= 4 is 11.8 Å². The molecule has 1 aliphatic heterocycles. The minimum absolute atomic E-state index is 0.254. The number of hydrogen-bond acceptors (Lipinski definition) is 5. The van der Waals surface area contributed by atoms with Crippen molar-refractivity contribution < 1.29 is 4.39 Å². The standard InChI is InChI=1S/C16H20FN5/c1-12-10-19-16(20-11-12)21(2)13-5-8-22(9-6-13)15-14(17)4-3-7-18-15/h3-4,7,10-11,13H,5-6,8-9H2,1-2H3. The SMILES string of the molecule is Cc1cnc(N(C)C2CCN(c3ncccc3F)CC2)nc1. The minimum atomic E-state index is -0.254. The van der Waals surface area contributed by atoms with E-state index in [9.17, 15) is 4.39 Å². The number of nitrogens with zero attached hydrogens (tertiary/aromatic N) is 5. The van der Waals surface area contributed by atoms with Crippen LogP contribution in [-0.4, -0.2) is 41.1 Å². The van der Waals surface area contributed by atoms with Crippen LogP contribution >= 0.6 is 0 Å². The molecule has 0 amide bonds. The molecule has 0 bridgehead atoms. The lowest BCUT2D eigenvalue weighted by atomic mass is 10.0. The van der Waals surface area contributed by atoms with Crippen molar-refractivity contribution in [3.63, 3.8) is 0 Å². The Bertz CT molecular complexity index is 623. The number of rotatable bonds is 3. The molecule has 0 saturated carbocycles. The van der Waals surface area contributed by atoms with Crippen LogP contribution < -0.4 is 9.80 Å². The van der Waals surface area contributed by atoms with Crippen LogP contribution in [0.3, 0.4) is 0 Å². The fourth-order valence-corrected chi connectivity index (χ4v) is 2.81. The van der Waals surface area contributed by atoms with Gasteiger partial charge in [-0.3, -0.25) is 0 Å². The van der Waals surface area contributed by atoms with Crippen LogP contribution in [0.15, 0.2) is 30.7 Å². The number of hydrogen-bond donors (Lipinski definition) is 0. The topological polar surface area (TPSA) is 45.2 Å². The number of piperidine rings is 1. The Morgan fingerprint density at radius 2 is 1.86 bits per heavy atom. The molecule has 3 rings (SSSR count). The normalized spacial score (nSPS) is 15.9. The highest BCUT2D eigenvalue weighted by atomic mass is 19.1. The second-order valence-electron chi connectivity index (χ2n) is 5.70. The number of pyridine rings is 1. The summed E-state index contributed by atoms with van der Waals surface area (Å²) >= 11 is 0. The molecule has 0 aromatic carbocycles. The maximum absolute atomic E-state index is 13.8. The van der Waals surface area contributed by atoms with Gasteiger partial charge in [0, 0.05) is 44.8 Å². The summed E-state index contributed by atoms with van der Waals surface area (Å²) in [5.41, 5.74) is 1.05. The Kier molecular flexibility index (Phi) is 4.18. The Hall–Kier alpha value is -2.24. The summed E-state index contributed by atoms with van der Waals surface area (Å²) in [6.07, 6.45) is 7.17. The van der Waals surface area contributed by atoms with Gasteiger partial charge in [0.25, 0.3) is 0 Å². The second-order valence-corrected chi connectivity index (χ2v) is 5.70. The summed E-state index contributed by atoms with van der Waals surface area (Å²) in [4.78, 5) is 17.0. The van der Waals surface area contributed by atoms with Gasteiger partial charge in [0.05, 0.1) is 0 Å². The predicted molar refractivity (Wildman–Crippen MR) is 84.6 cm³/mol. The fraction of sp³-hybridized carbons (Fsp3) is 0.438. The molecule has 6 heteroatoms. The van der Waals surface area contributed by atoms with E-state index in [4.69, 9.17) is 0 Å². The van der Waals surface area contributed by atoms with Crippen molar-refractivity contribution in [1.82, 2.24) is 15.0 Å². The molecule has 0 unspecified atom stereocenters. The van der Waals surface area contributed by atoms with E-state index in [0.717, 1.165) is 37.4 Å². The molecule has 0 spiro atoms. The molecular formula is C16H20FN5. The maximum atomic E-state index is 13.8. The largest absolute Gasteiger partial charge is 0.354 e. The van der Waals surface area contributed by atoms with Crippen LogP contribution in [0.2, 0.25) is 0 Å². The average molecular weight is 301 g/mol. The van der Waals surface area contributed by atoms with Crippen molar-refractivity contribution in [2.24, 2.45) is 0 Å². The van der Waals surface area contributed by atoms with E-state index in [1.165, 1.54) is 6.07 Å². The Balaban J connectivity index is 1.64. The van der Waals surface area contributed by atoms with E-state index >= 15 is 0 Å². The molecule has 116 valence electrons. The molecule has 5 nitrogen and oxygen atoms in total. The van der Waals surface area contributed by atoms with E-state index < -0.39 is 0 Å². The van der Waals surface area contributed by atoms with Gasteiger partial charge < -0.3 is 9.80 Å². The highest BCUT2D eigenvalue weighted by molar-refractivity contribution is 5.41. The molecule has 0 radical (unpaired) electrons. The van der Waals surface area contributed by atoms with Crippen molar-refractivity contribution in [3.05, 3.63) is 42.1 Å². The summed E-state index contributed by atoms with van der Waals surface area (Å²) in [5.74, 6) is 0.944. The van der Waals surface area contributed by atoms with E-state index in [0.29, 0.717) is 11.9 Å². The Morgan fingerprint density at radius 1 is 1.18 bits per heavy atom. The van der Waals surface area contributed by atoms with Crippen molar-refractivity contribution in [2.75, 3.05) is 29.9 Å². The lowest BCUT2D eigenvalue weighted by Gasteiger charge is -2.37. The van der Waals surface area contributed by atoms with Crippen LogP contribution in [-0.2, 0) is 0 Å². The first-order chi connectivity index (χ1) is 10.6. The third kappa shape index (κ3) is 3.00. The molecular weight excluding hydrogens is 281 g/mol. The lowest BCUT2D eigenvalue weighted by Crippen LogP contribution is -2.44. The Morgan fingerprint density at radius 3 is 2.50 bits per heavy atom. The predicted octanol–water partition coefficient (Wildman–Crippen LogP) is 2.42. The quantitative estimate of drug-likeness (QED) is 0.871. The van der Waals surface area contributed by atoms with Gasteiger partial charge in [-0.05, 0) is 37.5 Å². The fourth-order valence-electron chi connectivity index (χ4n) is 2.81. The van der Waals surface area contributed by atoms with Gasteiger partial charge in [0.1, 0.15) is 0 Å². The Labute approximate surface area is 129 Å². The summed E-state index contributed by atoms with van der Waals surface area (Å²) in [7, 11) is 2.02. The first-order valence-corrected chi connectivity index (χ1v) is 7.52. The number of aromatic nitrogens is 3. The molecule has 0 atom stereocenters. The first kappa shape index (κ1) is 14.7. The van der Waals surface area contributed by atoms with Gasteiger partial charge in [-0.2, -0.15) is 0 Å². The lowest BCUT2D eigenvalue weighted by molar-refractivity contribution is 0.469. The van der Waals surface area contributed by atoms with Gasteiger partial charge in [0.15, 0.2) is 11.6 Å². The third-order valence-electron chi connectivity index (χ3n) is 4.13. The van der Waals surface area contributed by atoms with Crippen LogP contribution in [0, 0.1) is 12.7 Å². The average Bonchev–Trinajstić information content (AvgIpc) is 2.56. The maximum Gasteiger partial charge on any atom is 0.225 e. The number of halogens is 1. The zero-order valence-corrected chi connectivity index (χ0v) is 12.9. The van der Waals surface area contributed by atoms with E-state index in [1.807, 2.05) is 31.3 Å². The molecule has 2 aromatic rings. The molecule has 1 aliphatic rings. The molecule has 0 N–H and O–H groups in total. The first-order valence-electron chi connectivity index (χ1n) is 7.52. The summed E-state index contributed by atoms with van der Waals surface area (Å²) in [6, 6.07) is 3.44. The summed E-state index contributed by atoms with van der Waals surface area (Å²) in [6.45, 7) is 3.55. The highest BCUT2D eigenvalue weighted by Crippen LogP contribution is 2.23. The van der Waals surface area contributed by atoms with Crippen LogP contribution in [0.5, 0.6) is 0 Å². The summed E-state index contributed by atoms with van der Waals surface area (Å²) < 4.78 is 13.8. The van der Waals surface area contributed by atoms with Crippen molar-refractivity contribution in [2.45, 2.75) is 25.8 Å². The van der Waals surface area contributed by atoms with Crippen molar-refractivity contribution in [1.29, 1.82) is 0 Å². The van der Waals surface area contributed by atoms with Crippen LogP contribution in [0.1, 0.15) is 18.4 Å². The second kappa shape index (κ2) is 6.25. The van der Waals surface area contributed by atoms with Gasteiger partial charge in [-0.15, -0.1) is 0 Å². The van der Waals surface area contributed by atoms with Gasteiger partial charge >= 0.3 is 0 Å². The molecule has 0 aliphatic carbocycles. The zero-order valence-electron chi connectivity index (χ0n) is 12.9. The molecule has 2 aromatic heterocycles. The third-order valence-corrected chi connectivity index (χ3v) is 4.13. The molecule has 3 heterocycles. The highest BCUT2D eigenvalue weighted by Gasteiger charge is 2.25. The van der Waals surface area contributed by atoms with E-state index in [1.54, 1.807) is 12.3 Å². The smallest absolute Gasteiger partial charge is 0.225 e. The van der Waals surface area contributed by atoms with Gasteiger partial charge in [-0.25, -0.2) is 19.3 Å². The van der Waals surface area contributed by atoms with E-state index in [-0.39, 0.29) is 5.82 Å². The van der Waals surface area contributed by atoms with Crippen LogP contribution in [0.4, 0.5) is 16.2 Å². The number of aryl methyl sites for hydroxylation is 1. The van der Waals surface area contributed by atoms with E-state index in [2.05, 4.69) is 19.9 Å². The molecule has 1 fully saturated rings. The van der Waals surface area contributed by atoms with Crippen molar-refractivity contribution in [3.8, 4) is 0 Å². The summed E-state index contributed by atoms with van der Waals surface area (Å²) in [5, 5.41) is 0. The molecule has 22 heavy (non-hydrogen) atoms. The minimum Gasteiger partial charge on any atom is -0.354 e.